The number of piperidine rings is 1. The van der Waals surface area contributed by atoms with E-state index in [0.29, 0.717) is 16.5 Å². The van der Waals surface area contributed by atoms with Gasteiger partial charge in [-0.15, -0.1) is 0 Å². The highest BCUT2D eigenvalue weighted by Gasteiger charge is 2.31. The molecule has 2 rings (SSSR count). The molecule has 1 aliphatic rings. The van der Waals surface area contributed by atoms with Gasteiger partial charge in [0.15, 0.2) is 0 Å². The van der Waals surface area contributed by atoms with Crippen LogP contribution in [0.1, 0.15) is 49.0 Å². The number of nitrogens with zero attached hydrogens (tertiary/aromatic N) is 2. The van der Waals surface area contributed by atoms with Crippen molar-refractivity contribution in [1.29, 1.82) is 0 Å². The van der Waals surface area contributed by atoms with Crippen molar-refractivity contribution in [2.75, 3.05) is 19.7 Å². The van der Waals surface area contributed by atoms with E-state index >= 15 is 0 Å². The summed E-state index contributed by atoms with van der Waals surface area (Å²) in [4.78, 5) is 18.6. The molecule has 1 aliphatic heterocycles. The molecule has 112 valence electrons. The van der Waals surface area contributed by atoms with Crippen LogP contribution in [0.15, 0.2) is 18.5 Å². The van der Waals surface area contributed by atoms with Gasteiger partial charge in [0.25, 0.3) is 5.91 Å². The molecular formula is C17H22N2O2. The fourth-order valence-corrected chi connectivity index (χ4v) is 2.59. The van der Waals surface area contributed by atoms with E-state index in [1.165, 1.54) is 0 Å². The smallest absolute Gasteiger partial charge is 0.255 e. The third-order valence-electron chi connectivity index (χ3n) is 4.46. The van der Waals surface area contributed by atoms with Gasteiger partial charge in [-0.05, 0) is 24.3 Å². The Labute approximate surface area is 126 Å². The summed E-state index contributed by atoms with van der Waals surface area (Å²) >= 11 is 0. The van der Waals surface area contributed by atoms with Crippen molar-refractivity contribution in [3.05, 3.63) is 29.6 Å². The molecule has 1 N–H and O–H groups in total. The Bertz CT molecular complexity index is 564. The monoisotopic (exact) mass is 286 g/mol. The number of likely N-dealkylation sites (tertiary alicyclic amines) is 1. The highest BCUT2D eigenvalue weighted by Crippen LogP contribution is 2.34. The minimum Gasteiger partial charge on any atom is -0.384 e. The highest BCUT2D eigenvalue weighted by atomic mass is 16.2. The van der Waals surface area contributed by atoms with Crippen LogP contribution in [0.4, 0.5) is 0 Å². The largest absolute Gasteiger partial charge is 0.384 e. The number of aliphatic hydroxyl groups excluding tert-OH is 1. The third kappa shape index (κ3) is 3.62. The number of hydrogen-bond acceptors (Lipinski definition) is 3. The quantitative estimate of drug-likeness (QED) is 0.847. The van der Waals surface area contributed by atoms with Crippen molar-refractivity contribution >= 4 is 5.91 Å². The molecule has 1 aromatic heterocycles. The first-order valence-corrected chi connectivity index (χ1v) is 7.42. The van der Waals surface area contributed by atoms with E-state index in [1.54, 1.807) is 18.5 Å². The zero-order valence-electron chi connectivity index (χ0n) is 12.7. The number of carbonyl (C=O) groups excluding carboxylic acids is 1. The maximum atomic E-state index is 12.7. The molecule has 4 heteroatoms. The van der Waals surface area contributed by atoms with Gasteiger partial charge in [0, 0.05) is 25.5 Å². The molecule has 0 aromatic carbocycles. The molecule has 0 spiro atoms. The average Bonchev–Trinajstić information content (AvgIpc) is 2.53. The van der Waals surface area contributed by atoms with Crippen LogP contribution < -0.4 is 0 Å². The highest BCUT2D eigenvalue weighted by molar-refractivity contribution is 5.96. The second-order valence-corrected chi connectivity index (χ2v) is 5.84. The van der Waals surface area contributed by atoms with Crippen LogP contribution in [0, 0.1) is 17.3 Å². The second kappa shape index (κ2) is 6.73. The van der Waals surface area contributed by atoms with Gasteiger partial charge in [-0.3, -0.25) is 9.78 Å². The van der Waals surface area contributed by atoms with Crippen molar-refractivity contribution < 1.29 is 9.90 Å². The third-order valence-corrected chi connectivity index (χ3v) is 4.46. The Morgan fingerprint density at radius 2 is 2.19 bits per heavy atom. The summed E-state index contributed by atoms with van der Waals surface area (Å²) in [5.74, 6) is 5.39. The fraction of sp³-hybridized carbons (Fsp3) is 0.529. The van der Waals surface area contributed by atoms with E-state index in [1.807, 2.05) is 4.90 Å². The molecule has 1 saturated heterocycles. The second-order valence-electron chi connectivity index (χ2n) is 5.84. The molecule has 0 bridgehead atoms. The minimum atomic E-state index is -0.221. The first kappa shape index (κ1) is 15.5. The molecule has 1 fully saturated rings. The Balaban J connectivity index is 2.15. The zero-order valence-corrected chi connectivity index (χ0v) is 12.7. The SMILES string of the molecule is CCC1(C)CCN(C(=O)c2ccncc2C#CCO)CC1. The average molecular weight is 286 g/mol. The maximum absolute atomic E-state index is 12.7. The van der Waals surface area contributed by atoms with E-state index in [-0.39, 0.29) is 12.5 Å². The number of hydrogen-bond donors (Lipinski definition) is 1. The van der Waals surface area contributed by atoms with Crippen molar-refractivity contribution in [2.45, 2.75) is 33.1 Å². The normalized spacial score (nSPS) is 17.0. The van der Waals surface area contributed by atoms with Crippen LogP contribution >= 0.6 is 0 Å². The van der Waals surface area contributed by atoms with E-state index in [4.69, 9.17) is 5.11 Å². The molecule has 1 amide bonds. The predicted octanol–water partition coefficient (Wildman–Crippen LogP) is 2.08. The lowest BCUT2D eigenvalue weighted by molar-refractivity contribution is 0.0600. The van der Waals surface area contributed by atoms with Crippen molar-refractivity contribution in [1.82, 2.24) is 9.88 Å². The summed E-state index contributed by atoms with van der Waals surface area (Å²) in [7, 11) is 0. The van der Waals surface area contributed by atoms with Gasteiger partial charge in [-0.1, -0.05) is 32.1 Å². The van der Waals surface area contributed by atoms with Gasteiger partial charge < -0.3 is 10.0 Å². The predicted molar refractivity (Wildman–Crippen MR) is 81.7 cm³/mol. The van der Waals surface area contributed by atoms with Crippen LogP contribution in [-0.2, 0) is 0 Å². The molecular weight excluding hydrogens is 264 g/mol. The number of carbonyl (C=O) groups is 1. The fourth-order valence-electron chi connectivity index (χ4n) is 2.59. The molecule has 0 unspecified atom stereocenters. The molecule has 21 heavy (non-hydrogen) atoms. The van der Waals surface area contributed by atoms with Gasteiger partial charge in [0.05, 0.1) is 11.1 Å². The standard InChI is InChI=1S/C17H22N2O2/c1-3-17(2)7-10-19(11-8-17)16(21)15-6-9-18-13-14(15)5-4-12-20/h6,9,13,20H,3,7-8,10-12H2,1-2H3. The molecule has 0 saturated carbocycles. The van der Waals surface area contributed by atoms with Gasteiger partial charge in [0.2, 0.25) is 0 Å². The van der Waals surface area contributed by atoms with E-state index in [2.05, 4.69) is 30.7 Å². The van der Waals surface area contributed by atoms with Gasteiger partial charge >= 0.3 is 0 Å². The first-order chi connectivity index (χ1) is 10.1. The number of pyridine rings is 1. The topological polar surface area (TPSA) is 53.4 Å². The molecule has 1 aromatic rings. The summed E-state index contributed by atoms with van der Waals surface area (Å²) in [6.45, 7) is 5.86. The van der Waals surface area contributed by atoms with Gasteiger partial charge in [-0.2, -0.15) is 0 Å². The Kier molecular flexibility index (Phi) is 4.98. The van der Waals surface area contributed by atoms with Crippen LogP contribution in [0.3, 0.4) is 0 Å². The van der Waals surface area contributed by atoms with Gasteiger partial charge in [0.1, 0.15) is 6.61 Å². The molecule has 2 heterocycles. The summed E-state index contributed by atoms with van der Waals surface area (Å²) in [6.07, 6.45) is 6.42. The first-order valence-electron chi connectivity index (χ1n) is 7.42. The number of amides is 1. The number of aliphatic hydroxyl groups is 1. The molecule has 0 aliphatic carbocycles. The number of rotatable bonds is 2. The number of aromatic nitrogens is 1. The Morgan fingerprint density at radius 1 is 1.48 bits per heavy atom. The summed E-state index contributed by atoms with van der Waals surface area (Å²) in [5.41, 5.74) is 1.51. The van der Waals surface area contributed by atoms with Crippen LogP contribution in [-0.4, -0.2) is 40.6 Å². The van der Waals surface area contributed by atoms with E-state index in [0.717, 1.165) is 32.4 Å². The summed E-state index contributed by atoms with van der Waals surface area (Å²) in [5, 5.41) is 8.80. The van der Waals surface area contributed by atoms with Crippen LogP contribution in [0.2, 0.25) is 0 Å². The van der Waals surface area contributed by atoms with E-state index in [9.17, 15) is 4.79 Å². The van der Waals surface area contributed by atoms with Crippen molar-refractivity contribution in [3.8, 4) is 11.8 Å². The van der Waals surface area contributed by atoms with Crippen molar-refractivity contribution in [3.63, 3.8) is 0 Å². The van der Waals surface area contributed by atoms with Gasteiger partial charge in [-0.25, -0.2) is 0 Å². The molecule has 0 radical (unpaired) electrons. The molecule has 0 atom stereocenters. The maximum Gasteiger partial charge on any atom is 0.255 e. The lowest BCUT2D eigenvalue weighted by Gasteiger charge is -2.39. The minimum absolute atomic E-state index is 0.0118. The Hall–Kier alpha value is -1.86. The van der Waals surface area contributed by atoms with E-state index < -0.39 is 0 Å². The molecule has 4 nitrogen and oxygen atoms in total. The lowest BCUT2D eigenvalue weighted by Crippen LogP contribution is -2.42. The van der Waals surface area contributed by atoms with Crippen LogP contribution in [0.25, 0.3) is 0 Å². The van der Waals surface area contributed by atoms with Crippen LogP contribution in [0.5, 0.6) is 0 Å². The lowest BCUT2D eigenvalue weighted by atomic mass is 9.78. The zero-order chi connectivity index (χ0) is 15.3. The Morgan fingerprint density at radius 3 is 2.81 bits per heavy atom. The summed E-state index contributed by atoms with van der Waals surface area (Å²) in [6, 6.07) is 1.71. The van der Waals surface area contributed by atoms with Crippen molar-refractivity contribution in [2.24, 2.45) is 5.41 Å². The summed E-state index contributed by atoms with van der Waals surface area (Å²) < 4.78 is 0.